The van der Waals surface area contributed by atoms with Gasteiger partial charge in [0.25, 0.3) is 0 Å². The minimum Gasteiger partial charge on any atom is -0.387 e. The molecule has 0 saturated heterocycles. The Morgan fingerprint density at radius 1 is 1.44 bits per heavy atom. The Kier molecular flexibility index (Phi) is 3.54. The van der Waals surface area contributed by atoms with E-state index in [2.05, 4.69) is 25.1 Å². The molecule has 0 spiro atoms. The van der Waals surface area contributed by atoms with Gasteiger partial charge in [-0.05, 0) is 48.9 Å². The topological polar surface area (TPSA) is 49.9 Å². The second kappa shape index (κ2) is 4.91. The van der Waals surface area contributed by atoms with Gasteiger partial charge in [0.1, 0.15) is 5.84 Å². The molecular weight excluding hydrogens is 216 g/mol. The number of nitrogens with two attached hydrogens (primary N) is 1. The van der Waals surface area contributed by atoms with Crippen molar-refractivity contribution in [1.82, 2.24) is 0 Å². The summed E-state index contributed by atoms with van der Waals surface area (Å²) >= 11 is 1.71. The quantitative estimate of drug-likeness (QED) is 0.478. The molecule has 0 bridgehead atoms. The summed E-state index contributed by atoms with van der Waals surface area (Å²) in [4.78, 5) is 1.25. The third kappa shape index (κ3) is 2.40. The van der Waals surface area contributed by atoms with Crippen LogP contribution in [0.4, 0.5) is 0 Å². The Hall–Kier alpha value is -0.960. The first-order chi connectivity index (χ1) is 7.70. The lowest BCUT2D eigenvalue weighted by Gasteiger charge is -2.13. The lowest BCUT2D eigenvalue weighted by Crippen LogP contribution is -2.23. The number of amidine groups is 1. The van der Waals surface area contributed by atoms with Crippen LogP contribution in [0.3, 0.4) is 0 Å². The van der Waals surface area contributed by atoms with Crippen LogP contribution in [0.5, 0.6) is 0 Å². The summed E-state index contributed by atoms with van der Waals surface area (Å²) in [5, 5.41) is 7.64. The predicted molar refractivity (Wildman–Crippen MR) is 70.3 cm³/mol. The predicted octanol–water partition coefficient (Wildman–Crippen LogP) is 2.98. The molecule has 1 aromatic rings. The van der Waals surface area contributed by atoms with Gasteiger partial charge >= 0.3 is 0 Å². The molecule has 3 N–H and O–H groups in total. The maximum absolute atomic E-state index is 7.51. The van der Waals surface area contributed by atoms with Crippen LogP contribution in [0.1, 0.15) is 30.9 Å². The van der Waals surface area contributed by atoms with Gasteiger partial charge in [-0.2, -0.15) is 0 Å². The van der Waals surface area contributed by atoms with Gasteiger partial charge in [0, 0.05) is 4.90 Å². The maximum Gasteiger partial charge on any atom is 0.104 e. The minimum absolute atomic E-state index is 0.124. The zero-order valence-electron chi connectivity index (χ0n) is 9.62. The SMILES string of the molecule is CCC(Sc1ccc2c(c1)CCC2)C(=N)N. The second-order valence-electron chi connectivity index (χ2n) is 4.25. The van der Waals surface area contributed by atoms with Crippen LogP contribution in [-0.2, 0) is 12.8 Å². The molecule has 2 nitrogen and oxygen atoms in total. The van der Waals surface area contributed by atoms with Crippen LogP contribution in [-0.4, -0.2) is 11.1 Å². The van der Waals surface area contributed by atoms with E-state index in [9.17, 15) is 0 Å². The fourth-order valence-electron chi connectivity index (χ4n) is 2.15. The first kappa shape index (κ1) is 11.5. The van der Waals surface area contributed by atoms with Crippen LogP contribution in [0.2, 0.25) is 0 Å². The zero-order chi connectivity index (χ0) is 11.5. The minimum atomic E-state index is 0.124. The molecule has 16 heavy (non-hydrogen) atoms. The number of hydrogen-bond donors (Lipinski definition) is 2. The molecule has 1 unspecified atom stereocenters. The van der Waals surface area contributed by atoms with E-state index in [1.807, 2.05) is 0 Å². The third-order valence-corrected chi connectivity index (χ3v) is 4.46. The Balaban J connectivity index is 2.13. The summed E-state index contributed by atoms with van der Waals surface area (Å²) in [7, 11) is 0. The van der Waals surface area contributed by atoms with E-state index in [1.165, 1.54) is 35.3 Å². The first-order valence-electron chi connectivity index (χ1n) is 5.83. The van der Waals surface area contributed by atoms with Crippen molar-refractivity contribution >= 4 is 17.6 Å². The van der Waals surface area contributed by atoms with Crippen LogP contribution in [0.25, 0.3) is 0 Å². The van der Waals surface area contributed by atoms with E-state index < -0.39 is 0 Å². The highest BCUT2D eigenvalue weighted by Gasteiger charge is 2.14. The molecule has 0 heterocycles. The number of rotatable bonds is 4. The maximum atomic E-state index is 7.51. The fourth-order valence-corrected chi connectivity index (χ4v) is 3.13. The van der Waals surface area contributed by atoms with Gasteiger partial charge in [0.05, 0.1) is 5.25 Å². The van der Waals surface area contributed by atoms with Crippen molar-refractivity contribution in [3.05, 3.63) is 29.3 Å². The third-order valence-electron chi connectivity index (χ3n) is 3.07. The monoisotopic (exact) mass is 234 g/mol. The van der Waals surface area contributed by atoms with Crippen molar-refractivity contribution in [2.45, 2.75) is 42.8 Å². The van der Waals surface area contributed by atoms with Crippen molar-refractivity contribution in [2.24, 2.45) is 5.73 Å². The summed E-state index contributed by atoms with van der Waals surface area (Å²) in [6.07, 6.45) is 4.63. The summed E-state index contributed by atoms with van der Waals surface area (Å²) < 4.78 is 0. The zero-order valence-corrected chi connectivity index (χ0v) is 10.4. The molecule has 1 aromatic carbocycles. The van der Waals surface area contributed by atoms with Gasteiger partial charge in [-0.1, -0.05) is 13.0 Å². The van der Waals surface area contributed by atoms with E-state index in [0.717, 1.165) is 6.42 Å². The van der Waals surface area contributed by atoms with Crippen molar-refractivity contribution < 1.29 is 0 Å². The van der Waals surface area contributed by atoms with E-state index in [1.54, 1.807) is 11.8 Å². The van der Waals surface area contributed by atoms with Crippen molar-refractivity contribution in [3.8, 4) is 0 Å². The molecule has 2 rings (SSSR count). The van der Waals surface area contributed by atoms with E-state index in [-0.39, 0.29) is 11.1 Å². The number of thioether (sulfide) groups is 1. The summed E-state index contributed by atoms with van der Waals surface area (Å²) in [5.74, 6) is 0.285. The number of aryl methyl sites for hydroxylation is 2. The van der Waals surface area contributed by atoms with Crippen LogP contribution in [0.15, 0.2) is 23.1 Å². The van der Waals surface area contributed by atoms with E-state index in [4.69, 9.17) is 11.1 Å². The van der Waals surface area contributed by atoms with Crippen LogP contribution < -0.4 is 5.73 Å². The molecule has 0 fully saturated rings. The van der Waals surface area contributed by atoms with Crippen LogP contribution in [0, 0.1) is 5.41 Å². The molecule has 0 saturated carbocycles. The standard InChI is InChI=1S/C13H18N2S/c1-2-12(13(14)15)16-11-7-6-9-4-3-5-10(9)8-11/h6-8,12H,2-5H2,1H3,(H3,14,15). The number of nitrogens with one attached hydrogen (secondary N) is 1. The fraction of sp³-hybridized carbons (Fsp3) is 0.462. The summed E-state index contributed by atoms with van der Waals surface area (Å²) in [5.41, 5.74) is 8.56. The molecule has 1 atom stereocenters. The Labute approximate surface area is 101 Å². The van der Waals surface area contributed by atoms with Crippen molar-refractivity contribution in [1.29, 1.82) is 5.41 Å². The van der Waals surface area contributed by atoms with Gasteiger partial charge in [-0.3, -0.25) is 5.41 Å². The largest absolute Gasteiger partial charge is 0.387 e. The molecule has 0 aromatic heterocycles. The van der Waals surface area contributed by atoms with Gasteiger partial charge in [-0.15, -0.1) is 11.8 Å². The number of benzene rings is 1. The lowest BCUT2D eigenvalue weighted by molar-refractivity contribution is 0.911. The van der Waals surface area contributed by atoms with E-state index >= 15 is 0 Å². The Bertz CT molecular complexity index is 401. The second-order valence-corrected chi connectivity index (χ2v) is 5.53. The van der Waals surface area contributed by atoms with Crippen LogP contribution >= 0.6 is 11.8 Å². The molecule has 0 radical (unpaired) electrons. The lowest BCUT2D eigenvalue weighted by atomic mass is 10.1. The smallest absolute Gasteiger partial charge is 0.104 e. The Morgan fingerprint density at radius 3 is 2.88 bits per heavy atom. The molecule has 86 valence electrons. The van der Waals surface area contributed by atoms with Gasteiger partial charge in [0.15, 0.2) is 0 Å². The summed E-state index contributed by atoms with van der Waals surface area (Å²) in [6.45, 7) is 2.08. The van der Waals surface area contributed by atoms with Gasteiger partial charge in [-0.25, -0.2) is 0 Å². The molecule has 0 aliphatic heterocycles. The highest BCUT2D eigenvalue weighted by molar-refractivity contribution is 8.00. The number of fused-ring (bicyclic) bond motifs is 1. The number of hydrogen-bond acceptors (Lipinski definition) is 2. The summed E-state index contributed by atoms with van der Waals surface area (Å²) in [6, 6.07) is 6.68. The highest BCUT2D eigenvalue weighted by atomic mass is 32.2. The normalized spacial score (nSPS) is 15.8. The van der Waals surface area contributed by atoms with Crippen molar-refractivity contribution in [2.75, 3.05) is 0 Å². The van der Waals surface area contributed by atoms with E-state index in [0.29, 0.717) is 0 Å². The first-order valence-corrected chi connectivity index (χ1v) is 6.71. The van der Waals surface area contributed by atoms with Gasteiger partial charge < -0.3 is 5.73 Å². The molecular formula is C13H18N2S. The average Bonchev–Trinajstić information content (AvgIpc) is 2.72. The average molecular weight is 234 g/mol. The highest BCUT2D eigenvalue weighted by Crippen LogP contribution is 2.30. The molecule has 0 amide bonds. The molecule has 1 aliphatic carbocycles. The van der Waals surface area contributed by atoms with Crippen molar-refractivity contribution in [3.63, 3.8) is 0 Å². The molecule has 1 aliphatic rings. The Morgan fingerprint density at radius 2 is 2.19 bits per heavy atom. The molecule has 3 heteroatoms. The van der Waals surface area contributed by atoms with Gasteiger partial charge in [0.2, 0.25) is 0 Å².